The molecular formula is C10H8ClN3. The molecule has 4 heteroatoms. The van der Waals surface area contributed by atoms with Crippen molar-refractivity contribution in [1.82, 2.24) is 9.97 Å². The topological polar surface area (TPSA) is 51.8 Å². The summed E-state index contributed by atoms with van der Waals surface area (Å²) in [5, 5.41) is 0.576. The molecule has 0 unspecified atom stereocenters. The first-order valence-electron chi connectivity index (χ1n) is 4.09. The number of aromatic nitrogens is 2. The van der Waals surface area contributed by atoms with Crippen molar-refractivity contribution >= 4 is 17.4 Å². The van der Waals surface area contributed by atoms with Gasteiger partial charge in [0, 0.05) is 29.7 Å². The van der Waals surface area contributed by atoms with Crippen LogP contribution in [0.1, 0.15) is 0 Å². The lowest BCUT2D eigenvalue weighted by Crippen LogP contribution is -1.91. The van der Waals surface area contributed by atoms with E-state index in [9.17, 15) is 0 Å². The van der Waals surface area contributed by atoms with Gasteiger partial charge in [-0.3, -0.25) is 4.98 Å². The lowest BCUT2D eigenvalue weighted by atomic mass is 10.1. The zero-order chi connectivity index (χ0) is 9.97. The Labute approximate surface area is 86.6 Å². The highest BCUT2D eigenvalue weighted by molar-refractivity contribution is 6.33. The average molecular weight is 206 g/mol. The van der Waals surface area contributed by atoms with E-state index in [0.29, 0.717) is 10.8 Å². The average Bonchev–Trinajstić information content (AvgIpc) is 2.23. The summed E-state index contributed by atoms with van der Waals surface area (Å²) < 4.78 is 0. The predicted octanol–water partition coefficient (Wildman–Crippen LogP) is 2.38. The fourth-order valence-electron chi connectivity index (χ4n) is 1.20. The molecule has 3 nitrogen and oxygen atoms in total. The number of hydrogen-bond donors (Lipinski definition) is 1. The Morgan fingerprint density at radius 3 is 2.86 bits per heavy atom. The van der Waals surface area contributed by atoms with Gasteiger partial charge in [-0.05, 0) is 12.1 Å². The highest BCUT2D eigenvalue weighted by Gasteiger charge is 2.03. The van der Waals surface area contributed by atoms with Crippen molar-refractivity contribution < 1.29 is 0 Å². The van der Waals surface area contributed by atoms with Crippen LogP contribution in [0.5, 0.6) is 0 Å². The van der Waals surface area contributed by atoms with Gasteiger partial charge in [0.1, 0.15) is 5.82 Å². The summed E-state index contributed by atoms with van der Waals surface area (Å²) in [6, 6.07) is 5.51. The molecule has 0 aliphatic carbocycles. The monoisotopic (exact) mass is 205 g/mol. The first-order valence-corrected chi connectivity index (χ1v) is 4.46. The van der Waals surface area contributed by atoms with Crippen molar-refractivity contribution in [3.63, 3.8) is 0 Å². The molecule has 0 fully saturated rings. The molecule has 0 aliphatic rings. The van der Waals surface area contributed by atoms with Crippen molar-refractivity contribution in [1.29, 1.82) is 0 Å². The highest BCUT2D eigenvalue weighted by Crippen LogP contribution is 2.27. The maximum Gasteiger partial charge on any atom is 0.124 e. The summed E-state index contributed by atoms with van der Waals surface area (Å²) in [6.07, 6.45) is 4.99. The Hall–Kier alpha value is -1.61. The molecule has 2 aromatic rings. The van der Waals surface area contributed by atoms with Crippen LogP contribution in [0, 0.1) is 0 Å². The number of nitrogen functional groups attached to an aromatic ring is 1. The van der Waals surface area contributed by atoms with Crippen LogP contribution in [0.25, 0.3) is 11.1 Å². The number of hydrogen-bond acceptors (Lipinski definition) is 3. The minimum Gasteiger partial charge on any atom is -0.384 e. The largest absolute Gasteiger partial charge is 0.384 e. The lowest BCUT2D eigenvalue weighted by molar-refractivity contribution is 1.31. The van der Waals surface area contributed by atoms with Gasteiger partial charge in [0.15, 0.2) is 0 Å². The molecule has 2 aromatic heterocycles. The van der Waals surface area contributed by atoms with Crippen molar-refractivity contribution in [3.8, 4) is 11.1 Å². The molecule has 2 heterocycles. The van der Waals surface area contributed by atoms with Gasteiger partial charge >= 0.3 is 0 Å². The Kier molecular flexibility index (Phi) is 2.33. The summed E-state index contributed by atoms with van der Waals surface area (Å²) in [5.41, 5.74) is 7.37. The van der Waals surface area contributed by atoms with Gasteiger partial charge in [0.2, 0.25) is 0 Å². The minimum atomic E-state index is 0.452. The molecule has 0 amide bonds. The number of anilines is 1. The van der Waals surface area contributed by atoms with Crippen LogP contribution in [-0.4, -0.2) is 9.97 Å². The highest BCUT2D eigenvalue weighted by atomic mass is 35.5. The van der Waals surface area contributed by atoms with E-state index in [4.69, 9.17) is 17.3 Å². The number of rotatable bonds is 1. The maximum atomic E-state index is 5.98. The number of nitrogens with two attached hydrogens (primary N) is 1. The van der Waals surface area contributed by atoms with Gasteiger partial charge in [-0.2, -0.15) is 0 Å². The molecule has 0 saturated heterocycles. The maximum absolute atomic E-state index is 5.98. The summed E-state index contributed by atoms with van der Waals surface area (Å²) in [4.78, 5) is 7.90. The molecule has 0 aliphatic heterocycles. The Morgan fingerprint density at radius 2 is 2.14 bits per heavy atom. The molecule has 0 atom stereocenters. The van der Waals surface area contributed by atoms with E-state index in [-0.39, 0.29) is 0 Å². The second-order valence-corrected chi connectivity index (χ2v) is 3.24. The van der Waals surface area contributed by atoms with Gasteiger partial charge in [-0.15, -0.1) is 0 Å². The number of nitrogens with zero attached hydrogens (tertiary/aromatic N) is 2. The first kappa shape index (κ1) is 8.97. The van der Waals surface area contributed by atoms with Gasteiger partial charge in [0.25, 0.3) is 0 Å². The molecule has 0 saturated carbocycles. The van der Waals surface area contributed by atoms with Crippen molar-refractivity contribution in [2.24, 2.45) is 0 Å². The number of halogens is 1. The van der Waals surface area contributed by atoms with Crippen LogP contribution in [0.4, 0.5) is 5.82 Å². The summed E-state index contributed by atoms with van der Waals surface area (Å²) >= 11 is 5.98. The third kappa shape index (κ3) is 1.67. The second kappa shape index (κ2) is 3.64. The third-order valence-corrected chi connectivity index (χ3v) is 2.15. The molecule has 70 valence electrons. The molecule has 0 spiro atoms. The summed E-state index contributed by atoms with van der Waals surface area (Å²) in [5.74, 6) is 0.452. The van der Waals surface area contributed by atoms with Crippen LogP contribution in [-0.2, 0) is 0 Å². The molecule has 0 aromatic carbocycles. The van der Waals surface area contributed by atoms with Crippen molar-refractivity contribution in [3.05, 3.63) is 41.8 Å². The Morgan fingerprint density at radius 1 is 1.29 bits per heavy atom. The van der Waals surface area contributed by atoms with Crippen LogP contribution in [0.3, 0.4) is 0 Å². The van der Waals surface area contributed by atoms with E-state index in [1.165, 1.54) is 0 Å². The van der Waals surface area contributed by atoms with Gasteiger partial charge < -0.3 is 5.73 Å². The SMILES string of the molecule is Nc1cc(-c2cccnc2)c(Cl)cn1. The standard InChI is InChI=1S/C10H8ClN3/c11-9-6-14-10(12)4-8(9)7-2-1-3-13-5-7/h1-6H,(H2,12,14). The molecule has 14 heavy (non-hydrogen) atoms. The first-order chi connectivity index (χ1) is 6.77. The molecule has 0 radical (unpaired) electrons. The van der Waals surface area contributed by atoms with Gasteiger partial charge in [-0.25, -0.2) is 4.98 Å². The fourth-order valence-corrected chi connectivity index (χ4v) is 1.41. The van der Waals surface area contributed by atoms with Crippen LogP contribution in [0.2, 0.25) is 5.02 Å². The van der Waals surface area contributed by atoms with E-state index in [1.54, 1.807) is 24.7 Å². The second-order valence-electron chi connectivity index (χ2n) is 2.83. The lowest BCUT2D eigenvalue weighted by Gasteiger charge is -2.03. The smallest absolute Gasteiger partial charge is 0.124 e. The van der Waals surface area contributed by atoms with E-state index < -0.39 is 0 Å². The number of pyridine rings is 2. The summed E-state index contributed by atoms with van der Waals surface area (Å²) in [7, 11) is 0. The van der Waals surface area contributed by atoms with Crippen molar-refractivity contribution in [2.75, 3.05) is 5.73 Å². The third-order valence-electron chi connectivity index (χ3n) is 1.85. The minimum absolute atomic E-state index is 0.452. The van der Waals surface area contributed by atoms with Gasteiger partial charge in [0.05, 0.1) is 5.02 Å². The van der Waals surface area contributed by atoms with Crippen LogP contribution in [0.15, 0.2) is 36.8 Å². The molecular weight excluding hydrogens is 198 g/mol. The van der Waals surface area contributed by atoms with Crippen LogP contribution < -0.4 is 5.73 Å². The Bertz CT molecular complexity index is 442. The van der Waals surface area contributed by atoms with Gasteiger partial charge in [-0.1, -0.05) is 17.7 Å². The molecule has 0 bridgehead atoms. The normalized spacial score (nSPS) is 10.1. The zero-order valence-electron chi connectivity index (χ0n) is 7.31. The van der Waals surface area contributed by atoms with E-state index in [1.807, 2.05) is 12.1 Å². The van der Waals surface area contributed by atoms with Crippen molar-refractivity contribution in [2.45, 2.75) is 0 Å². The molecule has 2 rings (SSSR count). The summed E-state index contributed by atoms with van der Waals surface area (Å²) in [6.45, 7) is 0. The molecule has 2 N–H and O–H groups in total. The Balaban J connectivity index is 2.57. The fraction of sp³-hybridized carbons (Fsp3) is 0. The van der Waals surface area contributed by atoms with Crippen LogP contribution >= 0.6 is 11.6 Å². The zero-order valence-corrected chi connectivity index (χ0v) is 8.07. The van der Waals surface area contributed by atoms with E-state index in [2.05, 4.69) is 9.97 Å². The van der Waals surface area contributed by atoms with E-state index >= 15 is 0 Å². The quantitative estimate of drug-likeness (QED) is 0.778. The predicted molar refractivity (Wildman–Crippen MR) is 56.9 cm³/mol. The van der Waals surface area contributed by atoms with E-state index in [0.717, 1.165) is 11.1 Å².